The number of amides is 1. The first kappa shape index (κ1) is 14.8. The van der Waals surface area contributed by atoms with E-state index in [1.807, 2.05) is 6.92 Å². The van der Waals surface area contributed by atoms with Crippen LogP contribution >= 0.6 is 0 Å². The molecule has 0 saturated carbocycles. The summed E-state index contributed by atoms with van der Waals surface area (Å²) in [5.74, 6) is 0.0573. The molecular formula is C17H23NO2. The Morgan fingerprint density at radius 1 is 1.35 bits per heavy atom. The van der Waals surface area contributed by atoms with Crippen LogP contribution in [0.15, 0.2) is 30.4 Å². The van der Waals surface area contributed by atoms with Gasteiger partial charge in [0.1, 0.15) is 0 Å². The Balaban J connectivity index is 1.70. The average molecular weight is 273 g/mol. The zero-order valence-corrected chi connectivity index (χ0v) is 12.2. The molecule has 1 aromatic carbocycles. The van der Waals surface area contributed by atoms with E-state index in [0.717, 1.165) is 17.6 Å². The van der Waals surface area contributed by atoms with Crippen molar-refractivity contribution in [3.63, 3.8) is 0 Å². The molecule has 1 N–H and O–H groups in total. The molecule has 3 nitrogen and oxygen atoms in total. The van der Waals surface area contributed by atoms with Crippen LogP contribution in [0.1, 0.15) is 30.0 Å². The molecule has 0 saturated heterocycles. The second kappa shape index (κ2) is 7.25. The standard InChI is InChI=1S/C17H23NO2/c1-13(2)12-20-9-8-18-17(19)11-14-6-7-15-4-3-5-16(15)10-14/h6-7,10H,1,3-5,8-9,11-12H2,2H3,(H,18,19). The van der Waals surface area contributed by atoms with Gasteiger partial charge >= 0.3 is 0 Å². The number of rotatable bonds is 7. The van der Waals surface area contributed by atoms with Crippen molar-refractivity contribution in [3.05, 3.63) is 47.0 Å². The first-order chi connectivity index (χ1) is 9.65. The minimum atomic E-state index is 0.0573. The van der Waals surface area contributed by atoms with E-state index >= 15 is 0 Å². The van der Waals surface area contributed by atoms with E-state index < -0.39 is 0 Å². The molecule has 0 spiro atoms. The largest absolute Gasteiger partial charge is 0.375 e. The van der Waals surface area contributed by atoms with Crippen molar-refractivity contribution >= 4 is 5.91 Å². The van der Waals surface area contributed by atoms with Crippen LogP contribution in [0.3, 0.4) is 0 Å². The predicted molar refractivity (Wildman–Crippen MR) is 80.8 cm³/mol. The van der Waals surface area contributed by atoms with Crippen LogP contribution < -0.4 is 5.32 Å². The Labute approximate surface area is 121 Å². The van der Waals surface area contributed by atoms with Crippen molar-refractivity contribution < 1.29 is 9.53 Å². The molecule has 1 aromatic rings. The summed E-state index contributed by atoms with van der Waals surface area (Å²) in [6.45, 7) is 7.32. The molecule has 0 aliphatic heterocycles. The molecule has 0 heterocycles. The van der Waals surface area contributed by atoms with E-state index in [2.05, 4.69) is 30.1 Å². The van der Waals surface area contributed by atoms with Gasteiger partial charge in [0.15, 0.2) is 0 Å². The Hall–Kier alpha value is -1.61. The molecule has 0 radical (unpaired) electrons. The number of benzene rings is 1. The molecule has 0 aromatic heterocycles. The molecule has 2 rings (SSSR count). The van der Waals surface area contributed by atoms with Gasteiger partial charge in [0, 0.05) is 6.54 Å². The van der Waals surface area contributed by atoms with Gasteiger partial charge in [0.2, 0.25) is 5.91 Å². The third-order valence-electron chi connectivity index (χ3n) is 3.44. The van der Waals surface area contributed by atoms with E-state index in [-0.39, 0.29) is 5.91 Å². The number of hydrogen-bond acceptors (Lipinski definition) is 2. The zero-order chi connectivity index (χ0) is 14.4. The first-order valence-electron chi connectivity index (χ1n) is 7.24. The molecule has 3 heteroatoms. The molecule has 1 amide bonds. The van der Waals surface area contributed by atoms with Crippen LogP contribution in [0.2, 0.25) is 0 Å². The number of aryl methyl sites for hydroxylation is 2. The monoisotopic (exact) mass is 273 g/mol. The normalized spacial score (nSPS) is 13.1. The van der Waals surface area contributed by atoms with Gasteiger partial charge < -0.3 is 10.1 Å². The second-order valence-electron chi connectivity index (χ2n) is 5.49. The lowest BCUT2D eigenvalue weighted by molar-refractivity contribution is -0.120. The molecule has 0 unspecified atom stereocenters. The van der Waals surface area contributed by atoms with Crippen molar-refractivity contribution in [1.29, 1.82) is 0 Å². The fourth-order valence-electron chi connectivity index (χ4n) is 2.49. The maximum atomic E-state index is 11.8. The lowest BCUT2D eigenvalue weighted by Gasteiger charge is -2.07. The van der Waals surface area contributed by atoms with Crippen LogP contribution in [0, 0.1) is 0 Å². The quantitative estimate of drug-likeness (QED) is 0.612. The summed E-state index contributed by atoms with van der Waals surface area (Å²) in [6.07, 6.45) is 4.03. The molecule has 0 fully saturated rings. The van der Waals surface area contributed by atoms with Gasteiger partial charge in [-0.3, -0.25) is 4.79 Å². The summed E-state index contributed by atoms with van der Waals surface area (Å²) in [6, 6.07) is 6.42. The fraction of sp³-hybridized carbons (Fsp3) is 0.471. The number of fused-ring (bicyclic) bond motifs is 1. The van der Waals surface area contributed by atoms with Crippen LogP contribution in [0.25, 0.3) is 0 Å². The van der Waals surface area contributed by atoms with E-state index in [0.29, 0.717) is 26.2 Å². The number of hydrogen-bond donors (Lipinski definition) is 1. The number of carbonyl (C=O) groups is 1. The lowest BCUT2D eigenvalue weighted by Crippen LogP contribution is -2.28. The van der Waals surface area contributed by atoms with Gasteiger partial charge in [-0.1, -0.05) is 30.4 Å². The average Bonchev–Trinajstić information content (AvgIpc) is 2.85. The summed E-state index contributed by atoms with van der Waals surface area (Å²) in [7, 11) is 0. The second-order valence-corrected chi connectivity index (χ2v) is 5.49. The smallest absolute Gasteiger partial charge is 0.224 e. The predicted octanol–water partition coefficient (Wildman–Crippen LogP) is 2.43. The van der Waals surface area contributed by atoms with Gasteiger partial charge in [0.25, 0.3) is 0 Å². The Morgan fingerprint density at radius 2 is 2.15 bits per heavy atom. The van der Waals surface area contributed by atoms with E-state index in [1.54, 1.807) is 0 Å². The summed E-state index contributed by atoms with van der Waals surface area (Å²) < 4.78 is 5.34. The topological polar surface area (TPSA) is 38.3 Å². The molecule has 108 valence electrons. The van der Waals surface area contributed by atoms with Crippen molar-refractivity contribution in [2.24, 2.45) is 0 Å². The van der Waals surface area contributed by atoms with Crippen LogP contribution in [0.4, 0.5) is 0 Å². The highest BCUT2D eigenvalue weighted by atomic mass is 16.5. The van der Waals surface area contributed by atoms with E-state index in [9.17, 15) is 4.79 Å². The molecule has 20 heavy (non-hydrogen) atoms. The third kappa shape index (κ3) is 4.49. The zero-order valence-electron chi connectivity index (χ0n) is 12.2. The van der Waals surface area contributed by atoms with Crippen molar-refractivity contribution in [1.82, 2.24) is 5.32 Å². The van der Waals surface area contributed by atoms with Gasteiger partial charge in [-0.15, -0.1) is 0 Å². The molecule has 1 aliphatic rings. The summed E-state index contributed by atoms with van der Waals surface area (Å²) in [5, 5.41) is 2.88. The van der Waals surface area contributed by atoms with Gasteiger partial charge in [-0.05, 0) is 42.9 Å². The van der Waals surface area contributed by atoms with Gasteiger partial charge in [-0.25, -0.2) is 0 Å². The van der Waals surface area contributed by atoms with Crippen LogP contribution in [-0.2, 0) is 28.8 Å². The molecule has 0 atom stereocenters. The summed E-state index contributed by atoms with van der Waals surface area (Å²) >= 11 is 0. The van der Waals surface area contributed by atoms with Gasteiger partial charge in [-0.2, -0.15) is 0 Å². The molecule has 1 aliphatic carbocycles. The highest BCUT2D eigenvalue weighted by Crippen LogP contribution is 2.22. The maximum absolute atomic E-state index is 11.8. The summed E-state index contributed by atoms with van der Waals surface area (Å²) in [5.41, 5.74) is 4.96. The van der Waals surface area contributed by atoms with Crippen molar-refractivity contribution in [3.8, 4) is 0 Å². The Kier molecular flexibility index (Phi) is 5.36. The number of carbonyl (C=O) groups excluding carboxylic acids is 1. The fourth-order valence-corrected chi connectivity index (χ4v) is 2.49. The molecular weight excluding hydrogens is 250 g/mol. The van der Waals surface area contributed by atoms with Crippen LogP contribution in [-0.4, -0.2) is 25.7 Å². The maximum Gasteiger partial charge on any atom is 0.224 e. The van der Waals surface area contributed by atoms with Crippen LogP contribution in [0.5, 0.6) is 0 Å². The minimum absolute atomic E-state index is 0.0573. The Bertz CT molecular complexity index is 494. The molecule has 0 bridgehead atoms. The minimum Gasteiger partial charge on any atom is -0.375 e. The van der Waals surface area contributed by atoms with E-state index in [4.69, 9.17) is 4.74 Å². The third-order valence-corrected chi connectivity index (χ3v) is 3.44. The SMILES string of the molecule is C=C(C)COCCNC(=O)Cc1ccc2c(c1)CCC2. The first-order valence-corrected chi connectivity index (χ1v) is 7.24. The Morgan fingerprint density at radius 3 is 2.95 bits per heavy atom. The van der Waals surface area contributed by atoms with Gasteiger partial charge in [0.05, 0.1) is 19.6 Å². The van der Waals surface area contributed by atoms with Crippen molar-refractivity contribution in [2.45, 2.75) is 32.6 Å². The van der Waals surface area contributed by atoms with Crippen molar-refractivity contribution in [2.75, 3.05) is 19.8 Å². The lowest BCUT2D eigenvalue weighted by atomic mass is 10.0. The van der Waals surface area contributed by atoms with E-state index in [1.165, 1.54) is 24.0 Å². The number of nitrogens with one attached hydrogen (secondary N) is 1. The summed E-state index contributed by atoms with van der Waals surface area (Å²) in [4.78, 5) is 11.8. The highest BCUT2D eigenvalue weighted by molar-refractivity contribution is 5.78. The number of ether oxygens (including phenoxy) is 1. The highest BCUT2D eigenvalue weighted by Gasteiger charge is 2.11.